The Morgan fingerprint density at radius 3 is 1.78 bits per heavy atom. The van der Waals surface area contributed by atoms with E-state index in [1.54, 1.807) is 51.8 Å². The van der Waals surface area contributed by atoms with Crippen LogP contribution in [0.2, 0.25) is 18.1 Å². The molecule has 6 rings (SSSR count). The van der Waals surface area contributed by atoms with Crippen LogP contribution in [0.3, 0.4) is 0 Å². The van der Waals surface area contributed by atoms with E-state index >= 15 is 0 Å². The van der Waals surface area contributed by atoms with Crippen LogP contribution in [-0.4, -0.2) is 83.8 Å². The molecule has 4 aromatic heterocycles. The van der Waals surface area contributed by atoms with E-state index in [0.717, 1.165) is 0 Å². The van der Waals surface area contributed by atoms with Gasteiger partial charge in [0.1, 0.15) is 22.7 Å². The molecule has 4 amide bonds. The second-order valence-corrected chi connectivity index (χ2v) is 22.7. The van der Waals surface area contributed by atoms with Gasteiger partial charge in [0.25, 0.3) is 11.8 Å². The summed E-state index contributed by atoms with van der Waals surface area (Å²) in [7, 11) is -1.99. The molecule has 0 aliphatic rings. The number of fused-ring (bicyclic) bond motifs is 2. The van der Waals surface area contributed by atoms with Gasteiger partial charge in [-0.15, -0.1) is 0 Å². The van der Waals surface area contributed by atoms with Gasteiger partial charge in [-0.3, -0.25) is 39.2 Å². The molecule has 6 N–H and O–H groups in total. The third-order valence-corrected chi connectivity index (χ3v) is 16.6. The van der Waals surface area contributed by atoms with E-state index < -0.39 is 26.0 Å². The van der Waals surface area contributed by atoms with Crippen LogP contribution in [0, 0.1) is 13.8 Å². The molecule has 2 aromatic carbocycles. The number of nitrogens with zero attached hydrogens (tertiary/aromatic N) is 8. The summed E-state index contributed by atoms with van der Waals surface area (Å²) in [6.45, 7) is 24.3. The molecule has 0 spiro atoms. The molecule has 19 heteroatoms. The van der Waals surface area contributed by atoms with E-state index in [9.17, 15) is 19.2 Å². The Kier molecular flexibility index (Phi) is 13.8. The monoisotopic (exact) mass is 894 g/mol. The maximum atomic E-state index is 14.0. The predicted molar refractivity (Wildman–Crippen MR) is 250 cm³/mol. The van der Waals surface area contributed by atoms with Gasteiger partial charge < -0.3 is 29.8 Å². The third-order valence-electron chi connectivity index (χ3n) is 12.0. The molecular formula is C45H62N12O6Si. The molecule has 0 saturated carbocycles. The summed E-state index contributed by atoms with van der Waals surface area (Å²) in [4.78, 5) is 62.2. The summed E-state index contributed by atoms with van der Waals surface area (Å²) >= 11 is 0. The molecule has 0 radical (unpaired) electrons. The number of rotatable bonds is 19. The highest BCUT2D eigenvalue weighted by atomic mass is 28.4. The molecular weight excluding hydrogens is 833 g/mol. The van der Waals surface area contributed by atoms with E-state index in [1.807, 2.05) is 50.7 Å². The van der Waals surface area contributed by atoms with Crippen LogP contribution in [0.5, 0.6) is 5.75 Å². The zero-order chi connectivity index (χ0) is 46.8. The zero-order valence-electron chi connectivity index (χ0n) is 38.8. The van der Waals surface area contributed by atoms with Crippen molar-refractivity contribution in [3.8, 4) is 5.75 Å². The average Bonchev–Trinajstić information content (AvgIpc) is 4.00. The number of amides is 4. The maximum Gasteiger partial charge on any atom is 0.276 e. The van der Waals surface area contributed by atoms with Gasteiger partial charge in [-0.05, 0) is 115 Å². The first-order chi connectivity index (χ1) is 30.1. The summed E-state index contributed by atoms with van der Waals surface area (Å²) in [5, 5.41) is 15.0. The van der Waals surface area contributed by atoms with Crippen molar-refractivity contribution in [3.05, 3.63) is 76.4 Å². The predicted octanol–water partition coefficient (Wildman–Crippen LogP) is 7.53. The van der Waals surface area contributed by atoms with Crippen molar-refractivity contribution in [1.82, 2.24) is 38.7 Å². The number of carbonyl (C=O) groups is 4. The smallest absolute Gasteiger partial charge is 0.276 e. The number of benzene rings is 2. The van der Waals surface area contributed by atoms with Crippen LogP contribution >= 0.6 is 0 Å². The van der Waals surface area contributed by atoms with Crippen molar-refractivity contribution < 1.29 is 28.3 Å². The highest BCUT2D eigenvalue weighted by Gasteiger charge is 2.37. The number of nitrogens with one attached hydrogen (secondary N) is 2. The standard InChI is InChI=1S/C45H62N12O6Si/c1-12-54-35(21-26(3)52-54)41(60)50-43-48-32-23-30(39(46)58)17-18-34(32)56(43)28(5)15-16-29(6)57-38-33(49-44(57)51-42(61)36-22-27(4)53-55(36)13-2)24-31(40(47)59)25-37(38)62-19-14-20-63-64(10,11)45(7,8)9/h17-18,21-25,28-29H,12-16,19-20H2,1-11H3,(H2,46,58)(H2,47,59)(H,48,50,60)(H,49,51,61). The van der Waals surface area contributed by atoms with E-state index in [4.69, 9.17) is 30.6 Å². The van der Waals surface area contributed by atoms with Gasteiger partial charge in [0, 0.05) is 49.3 Å². The van der Waals surface area contributed by atoms with Crippen LogP contribution in [0.15, 0.2) is 42.5 Å². The largest absolute Gasteiger partial charge is 0.491 e. The van der Waals surface area contributed by atoms with Crippen LogP contribution in [0.4, 0.5) is 11.9 Å². The summed E-state index contributed by atoms with van der Waals surface area (Å²) in [5.41, 5.74) is 16.3. The number of ether oxygens (including phenoxy) is 1. The Morgan fingerprint density at radius 1 is 0.734 bits per heavy atom. The van der Waals surface area contributed by atoms with E-state index in [1.165, 1.54) is 0 Å². The van der Waals surface area contributed by atoms with Crippen molar-refractivity contribution in [1.29, 1.82) is 0 Å². The van der Waals surface area contributed by atoms with E-state index in [0.29, 0.717) is 95.5 Å². The normalized spacial score (nSPS) is 13.0. The Labute approximate surface area is 374 Å². The van der Waals surface area contributed by atoms with Crippen LogP contribution in [0.25, 0.3) is 22.1 Å². The molecule has 18 nitrogen and oxygen atoms in total. The fraction of sp³-hybridized carbons (Fsp3) is 0.467. The fourth-order valence-electron chi connectivity index (χ4n) is 7.55. The molecule has 0 aliphatic carbocycles. The topological polar surface area (TPSA) is 234 Å². The number of imidazole rings is 2. The van der Waals surface area contributed by atoms with Crippen molar-refractivity contribution in [3.63, 3.8) is 0 Å². The number of aromatic nitrogens is 8. The minimum absolute atomic E-state index is 0.0533. The molecule has 2 atom stereocenters. The second kappa shape index (κ2) is 18.8. The molecule has 0 aliphatic heterocycles. The lowest BCUT2D eigenvalue weighted by atomic mass is 10.1. The van der Waals surface area contributed by atoms with Gasteiger partial charge in [0.2, 0.25) is 23.7 Å². The van der Waals surface area contributed by atoms with Crippen molar-refractivity contribution in [2.75, 3.05) is 23.8 Å². The quantitative estimate of drug-likeness (QED) is 0.0461. The van der Waals surface area contributed by atoms with E-state index in [-0.39, 0.29) is 46.7 Å². The maximum absolute atomic E-state index is 14.0. The number of hydrogen-bond acceptors (Lipinski definition) is 10. The summed E-state index contributed by atoms with van der Waals surface area (Å²) in [6, 6.07) is 11.1. The Balaban J connectivity index is 1.36. The van der Waals surface area contributed by atoms with E-state index in [2.05, 4.69) is 54.7 Å². The van der Waals surface area contributed by atoms with Gasteiger partial charge >= 0.3 is 0 Å². The molecule has 0 bridgehead atoms. The fourth-order valence-corrected chi connectivity index (χ4v) is 8.63. The van der Waals surface area contributed by atoms with Crippen molar-refractivity contribution >= 4 is 65.9 Å². The summed E-state index contributed by atoms with van der Waals surface area (Å²) in [6.07, 6.45) is 1.68. The third kappa shape index (κ3) is 9.89. The van der Waals surface area contributed by atoms with Crippen LogP contribution in [0.1, 0.15) is 133 Å². The number of aryl methyl sites for hydroxylation is 4. The lowest BCUT2D eigenvalue weighted by molar-refractivity contribution is 0.0992. The first kappa shape index (κ1) is 47.1. The number of hydrogen-bond donors (Lipinski definition) is 4. The number of carbonyl (C=O) groups excluding carboxylic acids is 4. The highest BCUT2D eigenvalue weighted by Crippen LogP contribution is 2.38. The Hall–Kier alpha value is -6.34. The SMILES string of the molecule is CCn1nc(C)cc1C(=O)Nc1nc2cc(C(N)=O)ccc2n1C(C)CCC(C)n1c(NC(=O)c2cc(C)nn2CC)nc2cc(C(N)=O)cc(OCCCO[Si](C)(C)C(C)(C)C)c21. The van der Waals surface area contributed by atoms with Gasteiger partial charge in [-0.1, -0.05) is 20.8 Å². The zero-order valence-corrected chi connectivity index (χ0v) is 39.8. The number of anilines is 2. The number of primary amides is 2. The molecule has 64 heavy (non-hydrogen) atoms. The van der Waals surface area contributed by atoms with Gasteiger partial charge in [0.05, 0.1) is 34.5 Å². The minimum Gasteiger partial charge on any atom is -0.491 e. The molecule has 342 valence electrons. The highest BCUT2D eigenvalue weighted by molar-refractivity contribution is 6.74. The minimum atomic E-state index is -1.99. The van der Waals surface area contributed by atoms with Crippen LogP contribution in [-0.2, 0) is 17.5 Å². The summed E-state index contributed by atoms with van der Waals surface area (Å²) in [5.74, 6) is -1.10. The van der Waals surface area contributed by atoms with Gasteiger partial charge in [-0.25, -0.2) is 9.97 Å². The lowest BCUT2D eigenvalue weighted by Crippen LogP contribution is -2.41. The van der Waals surface area contributed by atoms with Gasteiger partial charge in [0.15, 0.2) is 8.32 Å². The first-order valence-corrected chi connectivity index (χ1v) is 24.7. The van der Waals surface area contributed by atoms with Gasteiger partial charge in [-0.2, -0.15) is 10.2 Å². The molecule has 6 aromatic rings. The molecule has 2 unspecified atom stereocenters. The first-order valence-electron chi connectivity index (χ1n) is 21.8. The summed E-state index contributed by atoms with van der Waals surface area (Å²) < 4.78 is 20.0. The second-order valence-electron chi connectivity index (χ2n) is 17.9. The Bertz CT molecular complexity index is 2720. The lowest BCUT2D eigenvalue weighted by Gasteiger charge is -2.36. The Morgan fingerprint density at radius 2 is 1.25 bits per heavy atom. The van der Waals surface area contributed by atoms with Crippen LogP contribution < -0.4 is 26.8 Å². The molecule has 4 heterocycles. The van der Waals surface area contributed by atoms with Crippen molar-refractivity contribution in [2.24, 2.45) is 11.5 Å². The molecule has 0 saturated heterocycles. The number of nitrogens with two attached hydrogens (primary N) is 2. The van der Waals surface area contributed by atoms with Crippen molar-refractivity contribution in [2.45, 2.75) is 125 Å². The average molecular weight is 895 g/mol. The molecule has 0 fully saturated rings.